The van der Waals surface area contributed by atoms with Crippen LogP contribution in [0.3, 0.4) is 0 Å². The summed E-state index contributed by atoms with van der Waals surface area (Å²) in [5.41, 5.74) is -0.554. The standard InChI is InChI=1S/C12H18O4/c1-12(2,3)16-11(14)8-10-9(13)6-4-5-7-15-10/h8H,4-7H2,1-3H3/b10-8+. The number of carbonyl (C=O) groups is 2. The maximum atomic E-state index is 11.5. The quantitative estimate of drug-likeness (QED) is 0.506. The summed E-state index contributed by atoms with van der Waals surface area (Å²) in [6.07, 6.45) is 3.25. The first-order valence-electron chi connectivity index (χ1n) is 5.49. The zero-order valence-electron chi connectivity index (χ0n) is 10.0. The maximum Gasteiger partial charge on any atom is 0.335 e. The highest BCUT2D eigenvalue weighted by Gasteiger charge is 2.19. The fourth-order valence-corrected chi connectivity index (χ4v) is 1.33. The van der Waals surface area contributed by atoms with Gasteiger partial charge in [-0.1, -0.05) is 0 Å². The number of ketones is 1. The van der Waals surface area contributed by atoms with E-state index in [1.54, 1.807) is 20.8 Å². The molecule has 0 aromatic rings. The summed E-state index contributed by atoms with van der Waals surface area (Å²) in [6.45, 7) is 5.82. The molecule has 0 N–H and O–H groups in total. The Balaban J connectivity index is 2.66. The first-order valence-corrected chi connectivity index (χ1v) is 5.49. The van der Waals surface area contributed by atoms with Crippen LogP contribution < -0.4 is 0 Å². The van der Waals surface area contributed by atoms with Gasteiger partial charge < -0.3 is 9.47 Å². The van der Waals surface area contributed by atoms with Crippen LogP contribution in [0.4, 0.5) is 0 Å². The Bertz CT molecular complexity index is 309. The minimum Gasteiger partial charge on any atom is -0.490 e. The number of esters is 1. The predicted octanol–water partition coefficient (Wildman–Crippen LogP) is 1.98. The fourth-order valence-electron chi connectivity index (χ4n) is 1.33. The Labute approximate surface area is 95.6 Å². The van der Waals surface area contributed by atoms with Crippen molar-refractivity contribution in [1.82, 2.24) is 0 Å². The third-order valence-corrected chi connectivity index (χ3v) is 1.99. The lowest BCUT2D eigenvalue weighted by molar-refractivity contribution is -0.149. The van der Waals surface area contributed by atoms with Crippen molar-refractivity contribution < 1.29 is 19.1 Å². The molecule has 0 amide bonds. The molecule has 4 nitrogen and oxygen atoms in total. The van der Waals surface area contributed by atoms with Crippen molar-refractivity contribution in [3.05, 3.63) is 11.8 Å². The molecule has 1 aliphatic rings. The van der Waals surface area contributed by atoms with E-state index in [-0.39, 0.29) is 11.5 Å². The third kappa shape index (κ3) is 4.47. The number of Topliss-reactive ketones (excluding diaryl/α,β-unsaturated/α-hetero) is 1. The van der Waals surface area contributed by atoms with Crippen molar-refractivity contribution in [1.29, 1.82) is 0 Å². The third-order valence-electron chi connectivity index (χ3n) is 1.99. The van der Waals surface area contributed by atoms with Gasteiger partial charge in [-0.25, -0.2) is 4.79 Å². The van der Waals surface area contributed by atoms with Crippen molar-refractivity contribution in [2.45, 2.75) is 45.6 Å². The number of ether oxygens (including phenoxy) is 2. The predicted molar refractivity (Wildman–Crippen MR) is 58.7 cm³/mol. The molecule has 1 fully saturated rings. The van der Waals surface area contributed by atoms with E-state index < -0.39 is 11.6 Å². The van der Waals surface area contributed by atoms with Gasteiger partial charge >= 0.3 is 5.97 Å². The number of allylic oxidation sites excluding steroid dienone is 1. The summed E-state index contributed by atoms with van der Waals surface area (Å²) < 4.78 is 10.3. The summed E-state index contributed by atoms with van der Waals surface area (Å²) >= 11 is 0. The van der Waals surface area contributed by atoms with Gasteiger partial charge in [-0.2, -0.15) is 0 Å². The SMILES string of the molecule is CC(C)(C)OC(=O)/C=C1/OCCCCC1=O. The maximum absolute atomic E-state index is 11.5. The average Bonchev–Trinajstić information content (AvgIpc) is 2.29. The molecule has 4 heteroatoms. The zero-order valence-corrected chi connectivity index (χ0v) is 10.0. The monoisotopic (exact) mass is 226 g/mol. The summed E-state index contributed by atoms with van der Waals surface area (Å²) in [4.78, 5) is 23.0. The van der Waals surface area contributed by atoms with Crippen LogP contribution in [-0.4, -0.2) is 24.0 Å². The van der Waals surface area contributed by atoms with Crippen LogP contribution in [0.25, 0.3) is 0 Å². The Morgan fingerprint density at radius 1 is 1.38 bits per heavy atom. The van der Waals surface area contributed by atoms with Crippen molar-refractivity contribution in [3.63, 3.8) is 0 Å². The lowest BCUT2D eigenvalue weighted by Gasteiger charge is -2.18. The molecule has 0 aromatic carbocycles. The molecule has 0 aliphatic carbocycles. The summed E-state index contributed by atoms with van der Waals surface area (Å²) in [5, 5.41) is 0. The van der Waals surface area contributed by atoms with Gasteiger partial charge in [0.05, 0.1) is 12.7 Å². The Kier molecular flexibility index (Phi) is 4.10. The molecule has 1 rings (SSSR count). The number of hydrogen-bond acceptors (Lipinski definition) is 4. The highest BCUT2D eigenvalue weighted by atomic mass is 16.6. The molecule has 16 heavy (non-hydrogen) atoms. The second-order valence-electron chi connectivity index (χ2n) is 4.77. The molecule has 90 valence electrons. The van der Waals surface area contributed by atoms with Crippen molar-refractivity contribution in [2.75, 3.05) is 6.61 Å². The van der Waals surface area contributed by atoms with Gasteiger partial charge in [0.15, 0.2) is 11.5 Å². The van der Waals surface area contributed by atoms with Gasteiger partial charge in [0.2, 0.25) is 0 Å². The summed E-state index contributed by atoms with van der Waals surface area (Å²) in [5.74, 6) is -0.521. The minimum atomic E-state index is -0.554. The van der Waals surface area contributed by atoms with Gasteiger partial charge in [-0.15, -0.1) is 0 Å². The Hall–Kier alpha value is -1.32. The fraction of sp³-hybridized carbons (Fsp3) is 0.667. The summed E-state index contributed by atoms with van der Waals surface area (Å²) in [6, 6.07) is 0. The van der Waals surface area contributed by atoms with E-state index in [1.165, 1.54) is 0 Å². The molecule has 0 saturated carbocycles. The highest BCUT2D eigenvalue weighted by Crippen LogP contribution is 2.14. The highest BCUT2D eigenvalue weighted by molar-refractivity contribution is 5.99. The number of hydrogen-bond donors (Lipinski definition) is 0. The molecular weight excluding hydrogens is 208 g/mol. The van der Waals surface area contributed by atoms with Crippen LogP contribution in [-0.2, 0) is 19.1 Å². The molecule has 0 unspecified atom stereocenters. The molecular formula is C12H18O4. The second-order valence-corrected chi connectivity index (χ2v) is 4.77. The first kappa shape index (κ1) is 12.7. The van der Waals surface area contributed by atoms with Gasteiger partial charge in [-0.3, -0.25) is 4.79 Å². The lowest BCUT2D eigenvalue weighted by Crippen LogP contribution is -2.23. The van der Waals surface area contributed by atoms with E-state index >= 15 is 0 Å². The minimum absolute atomic E-state index is 0.122. The van der Waals surface area contributed by atoms with Crippen LogP contribution in [0, 0.1) is 0 Å². The van der Waals surface area contributed by atoms with Crippen LogP contribution in [0.5, 0.6) is 0 Å². The van der Waals surface area contributed by atoms with Crippen LogP contribution >= 0.6 is 0 Å². The molecule has 1 saturated heterocycles. The Morgan fingerprint density at radius 3 is 2.69 bits per heavy atom. The van der Waals surface area contributed by atoms with Crippen molar-refractivity contribution >= 4 is 11.8 Å². The van der Waals surface area contributed by atoms with Gasteiger partial charge in [0.1, 0.15) is 5.60 Å². The first-order chi connectivity index (χ1) is 7.38. The number of carbonyl (C=O) groups excluding carboxylic acids is 2. The summed E-state index contributed by atoms with van der Waals surface area (Å²) in [7, 11) is 0. The van der Waals surface area contributed by atoms with Crippen LogP contribution in [0.15, 0.2) is 11.8 Å². The van der Waals surface area contributed by atoms with Crippen LogP contribution in [0.1, 0.15) is 40.0 Å². The van der Waals surface area contributed by atoms with Crippen molar-refractivity contribution in [2.24, 2.45) is 0 Å². The molecule has 0 atom stereocenters. The van der Waals surface area contributed by atoms with E-state index in [1.807, 2.05) is 0 Å². The number of rotatable bonds is 1. The normalized spacial score (nSPS) is 20.2. The molecule has 1 heterocycles. The van der Waals surface area contributed by atoms with Gasteiger partial charge in [0, 0.05) is 6.42 Å². The van der Waals surface area contributed by atoms with E-state index in [0.29, 0.717) is 13.0 Å². The van der Waals surface area contributed by atoms with E-state index in [9.17, 15) is 9.59 Å². The molecule has 0 spiro atoms. The largest absolute Gasteiger partial charge is 0.490 e. The van der Waals surface area contributed by atoms with Crippen molar-refractivity contribution in [3.8, 4) is 0 Å². The average molecular weight is 226 g/mol. The topological polar surface area (TPSA) is 52.6 Å². The van der Waals surface area contributed by atoms with E-state index in [0.717, 1.165) is 18.9 Å². The smallest absolute Gasteiger partial charge is 0.335 e. The zero-order chi connectivity index (χ0) is 12.2. The van der Waals surface area contributed by atoms with Gasteiger partial charge in [-0.05, 0) is 33.6 Å². The van der Waals surface area contributed by atoms with E-state index in [2.05, 4.69) is 0 Å². The Morgan fingerprint density at radius 2 is 2.06 bits per heavy atom. The molecule has 1 aliphatic heterocycles. The molecule has 0 aromatic heterocycles. The second kappa shape index (κ2) is 5.14. The molecule has 0 bridgehead atoms. The van der Waals surface area contributed by atoms with Gasteiger partial charge in [0.25, 0.3) is 0 Å². The molecule has 0 radical (unpaired) electrons. The lowest BCUT2D eigenvalue weighted by atomic mass is 10.1. The van der Waals surface area contributed by atoms with E-state index in [4.69, 9.17) is 9.47 Å². The van der Waals surface area contributed by atoms with Crippen LogP contribution in [0.2, 0.25) is 0 Å².